The van der Waals surface area contributed by atoms with Gasteiger partial charge in [0.25, 0.3) is 5.91 Å². The molecular formula is C17H17FN2O2. The van der Waals surface area contributed by atoms with E-state index in [4.69, 9.17) is 0 Å². The molecule has 2 aromatic carbocycles. The molecule has 22 heavy (non-hydrogen) atoms. The minimum atomic E-state index is -0.334. The number of halogens is 1. The van der Waals surface area contributed by atoms with E-state index in [0.717, 1.165) is 5.56 Å². The molecule has 2 rings (SSSR count). The van der Waals surface area contributed by atoms with Crippen LogP contribution in [0.1, 0.15) is 15.9 Å². The second-order valence-electron chi connectivity index (χ2n) is 5.13. The molecule has 2 amide bonds. The number of anilines is 1. The normalized spacial score (nSPS) is 10.1. The third-order valence-corrected chi connectivity index (χ3v) is 3.08. The second-order valence-corrected chi connectivity index (χ2v) is 5.13. The molecular weight excluding hydrogens is 283 g/mol. The Bertz CT molecular complexity index is 681. The molecule has 2 aromatic rings. The average molecular weight is 300 g/mol. The Balaban J connectivity index is 2.04. The third kappa shape index (κ3) is 4.15. The third-order valence-electron chi connectivity index (χ3n) is 3.08. The van der Waals surface area contributed by atoms with Crippen molar-refractivity contribution in [2.24, 2.45) is 0 Å². The number of benzene rings is 2. The molecule has 5 heteroatoms. The molecule has 0 aliphatic heterocycles. The Morgan fingerprint density at radius 1 is 1.09 bits per heavy atom. The van der Waals surface area contributed by atoms with E-state index in [1.54, 1.807) is 50.5 Å². The molecule has 0 atom stereocenters. The first-order valence-corrected chi connectivity index (χ1v) is 6.82. The fourth-order valence-electron chi connectivity index (χ4n) is 1.98. The van der Waals surface area contributed by atoms with Gasteiger partial charge in [0.1, 0.15) is 5.82 Å². The molecule has 0 aliphatic rings. The van der Waals surface area contributed by atoms with Crippen molar-refractivity contribution in [3.63, 3.8) is 0 Å². The molecule has 1 N–H and O–H groups in total. The van der Waals surface area contributed by atoms with Crippen LogP contribution in [0.25, 0.3) is 0 Å². The first kappa shape index (κ1) is 15.7. The highest BCUT2D eigenvalue weighted by Gasteiger charge is 2.10. The van der Waals surface area contributed by atoms with Gasteiger partial charge >= 0.3 is 0 Å². The molecule has 0 saturated heterocycles. The molecule has 0 fully saturated rings. The summed E-state index contributed by atoms with van der Waals surface area (Å²) in [7, 11) is 3.34. The van der Waals surface area contributed by atoms with Crippen LogP contribution in [0.15, 0.2) is 48.5 Å². The lowest BCUT2D eigenvalue weighted by molar-refractivity contribution is -0.115. The van der Waals surface area contributed by atoms with Crippen molar-refractivity contribution < 1.29 is 14.0 Å². The van der Waals surface area contributed by atoms with Crippen molar-refractivity contribution >= 4 is 17.5 Å². The summed E-state index contributed by atoms with van der Waals surface area (Å²) in [5, 5.41) is 2.74. The lowest BCUT2D eigenvalue weighted by Crippen LogP contribution is -2.22. The molecule has 0 heterocycles. The van der Waals surface area contributed by atoms with Crippen molar-refractivity contribution in [3.8, 4) is 0 Å². The quantitative estimate of drug-likeness (QED) is 0.944. The van der Waals surface area contributed by atoms with Gasteiger partial charge in [-0.25, -0.2) is 4.39 Å². The second kappa shape index (κ2) is 6.85. The largest absolute Gasteiger partial charge is 0.345 e. The SMILES string of the molecule is CN(C)C(=O)c1cccc(NC(=O)Cc2ccc(F)cc2)c1. The van der Waals surface area contributed by atoms with Crippen LogP contribution in [-0.2, 0) is 11.2 Å². The predicted octanol–water partition coefficient (Wildman–Crippen LogP) is 2.71. The summed E-state index contributed by atoms with van der Waals surface area (Å²) in [6.07, 6.45) is 0.145. The number of hydrogen-bond donors (Lipinski definition) is 1. The van der Waals surface area contributed by atoms with Crippen LogP contribution in [0.4, 0.5) is 10.1 Å². The number of rotatable bonds is 4. The minimum absolute atomic E-state index is 0.130. The smallest absolute Gasteiger partial charge is 0.253 e. The van der Waals surface area contributed by atoms with Gasteiger partial charge < -0.3 is 10.2 Å². The van der Waals surface area contributed by atoms with Crippen molar-refractivity contribution in [2.75, 3.05) is 19.4 Å². The van der Waals surface area contributed by atoms with E-state index in [2.05, 4.69) is 5.32 Å². The Kier molecular flexibility index (Phi) is 4.88. The van der Waals surface area contributed by atoms with Gasteiger partial charge in [-0.05, 0) is 35.9 Å². The van der Waals surface area contributed by atoms with E-state index in [0.29, 0.717) is 11.3 Å². The Labute approximate surface area is 128 Å². The molecule has 0 aromatic heterocycles. The van der Waals surface area contributed by atoms with Gasteiger partial charge in [0.15, 0.2) is 0 Å². The summed E-state index contributed by atoms with van der Waals surface area (Å²) in [5.74, 6) is -0.685. The highest BCUT2D eigenvalue weighted by molar-refractivity contribution is 5.97. The van der Waals surface area contributed by atoms with E-state index in [1.165, 1.54) is 17.0 Å². The van der Waals surface area contributed by atoms with Gasteiger partial charge in [0.05, 0.1) is 6.42 Å². The molecule has 114 valence electrons. The molecule has 0 aliphatic carbocycles. The van der Waals surface area contributed by atoms with E-state index in [1.807, 2.05) is 0 Å². The first-order valence-electron chi connectivity index (χ1n) is 6.82. The zero-order valence-corrected chi connectivity index (χ0v) is 12.5. The molecule has 0 saturated carbocycles. The number of carbonyl (C=O) groups excluding carboxylic acids is 2. The summed E-state index contributed by atoms with van der Waals surface area (Å²) in [6, 6.07) is 12.5. The van der Waals surface area contributed by atoms with E-state index in [-0.39, 0.29) is 24.1 Å². The Morgan fingerprint density at radius 3 is 2.41 bits per heavy atom. The van der Waals surface area contributed by atoms with Crippen molar-refractivity contribution in [1.82, 2.24) is 4.90 Å². The monoisotopic (exact) mass is 300 g/mol. The van der Waals surface area contributed by atoms with E-state index >= 15 is 0 Å². The zero-order valence-electron chi connectivity index (χ0n) is 12.5. The fourth-order valence-corrected chi connectivity index (χ4v) is 1.98. The topological polar surface area (TPSA) is 49.4 Å². The maximum atomic E-state index is 12.8. The van der Waals surface area contributed by atoms with Gasteiger partial charge in [-0.15, -0.1) is 0 Å². The number of nitrogens with one attached hydrogen (secondary N) is 1. The van der Waals surface area contributed by atoms with Gasteiger partial charge in [0.2, 0.25) is 5.91 Å². The van der Waals surface area contributed by atoms with Crippen LogP contribution >= 0.6 is 0 Å². The number of nitrogens with zero attached hydrogens (tertiary/aromatic N) is 1. The van der Waals surface area contributed by atoms with Gasteiger partial charge in [0, 0.05) is 25.3 Å². The lowest BCUT2D eigenvalue weighted by atomic mass is 10.1. The zero-order chi connectivity index (χ0) is 16.1. The minimum Gasteiger partial charge on any atom is -0.345 e. The van der Waals surface area contributed by atoms with E-state index < -0.39 is 0 Å². The summed E-state index contributed by atoms with van der Waals surface area (Å²) < 4.78 is 12.8. The van der Waals surface area contributed by atoms with Gasteiger partial charge in [-0.1, -0.05) is 18.2 Å². The standard InChI is InChI=1S/C17H17FN2O2/c1-20(2)17(22)13-4-3-5-15(11-13)19-16(21)10-12-6-8-14(18)9-7-12/h3-9,11H,10H2,1-2H3,(H,19,21). The lowest BCUT2D eigenvalue weighted by Gasteiger charge is -2.11. The number of carbonyl (C=O) groups is 2. The maximum absolute atomic E-state index is 12.8. The van der Waals surface area contributed by atoms with Crippen LogP contribution in [0.5, 0.6) is 0 Å². The summed E-state index contributed by atoms with van der Waals surface area (Å²) >= 11 is 0. The van der Waals surface area contributed by atoms with Gasteiger partial charge in [-0.2, -0.15) is 0 Å². The van der Waals surface area contributed by atoms with Crippen LogP contribution in [0.3, 0.4) is 0 Å². The van der Waals surface area contributed by atoms with Crippen LogP contribution < -0.4 is 5.32 Å². The highest BCUT2D eigenvalue weighted by Crippen LogP contribution is 2.13. The summed E-state index contributed by atoms with van der Waals surface area (Å²) in [6.45, 7) is 0. The van der Waals surface area contributed by atoms with Gasteiger partial charge in [-0.3, -0.25) is 9.59 Å². The Hall–Kier alpha value is -2.69. The maximum Gasteiger partial charge on any atom is 0.253 e. The van der Waals surface area contributed by atoms with Crippen molar-refractivity contribution in [1.29, 1.82) is 0 Å². The van der Waals surface area contributed by atoms with Crippen molar-refractivity contribution in [3.05, 3.63) is 65.5 Å². The fraction of sp³-hybridized carbons (Fsp3) is 0.176. The first-order chi connectivity index (χ1) is 10.5. The predicted molar refractivity (Wildman–Crippen MR) is 83.2 cm³/mol. The molecule has 0 radical (unpaired) electrons. The number of amides is 2. The molecule has 0 unspecified atom stereocenters. The van der Waals surface area contributed by atoms with Crippen LogP contribution in [-0.4, -0.2) is 30.8 Å². The molecule has 4 nitrogen and oxygen atoms in total. The van der Waals surface area contributed by atoms with E-state index in [9.17, 15) is 14.0 Å². The number of hydrogen-bond acceptors (Lipinski definition) is 2. The summed E-state index contributed by atoms with van der Waals surface area (Å²) in [4.78, 5) is 25.3. The van der Waals surface area contributed by atoms with Crippen molar-refractivity contribution in [2.45, 2.75) is 6.42 Å². The Morgan fingerprint density at radius 2 is 1.77 bits per heavy atom. The van der Waals surface area contributed by atoms with Crippen LogP contribution in [0.2, 0.25) is 0 Å². The molecule has 0 spiro atoms. The molecule has 0 bridgehead atoms. The summed E-state index contributed by atoms with van der Waals surface area (Å²) in [5.41, 5.74) is 1.78. The van der Waals surface area contributed by atoms with Crippen LogP contribution in [0, 0.1) is 5.82 Å². The average Bonchev–Trinajstić information content (AvgIpc) is 2.49. The highest BCUT2D eigenvalue weighted by atomic mass is 19.1.